The largest absolute Gasteiger partial charge is 0.369 e. The van der Waals surface area contributed by atoms with Gasteiger partial charge in [0.25, 0.3) is 0 Å². The van der Waals surface area contributed by atoms with E-state index in [1.165, 1.54) is 5.57 Å². The summed E-state index contributed by atoms with van der Waals surface area (Å²) < 4.78 is 5.74. The molecule has 0 heterocycles. The minimum atomic E-state index is -0.550. The molecule has 0 fully saturated rings. The van der Waals surface area contributed by atoms with E-state index in [0.717, 1.165) is 42.4 Å². The van der Waals surface area contributed by atoms with Gasteiger partial charge in [0, 0.05) is 12.7 Å². The van der Waals surface area contributed by atoms with Crippen molar-refractivity contribution in [2.24, 2.45) is 0 Å². The summed E-state index contributed by atoms with van der Waals surface area (Å²) in [5, 5.41) is 0. The monoisotopic (exact) mass is 276 g/mol. The maximum absolute atomic E-state index is 12.6. The lowest BCUT2D eigenvalue weighted by Crippen LogP contribution is -2.31. The lowest BCUT2D eigenvalue weighted by Gasteiger charge is -2.28. The summed E-state index contributed by atoms with van der Waals surface area (Å²) in [6.07, 6.45) is 8.24. The van der Waals surface area contributed by atoms with Crippen LogP contribution in [0.15, 0.2) is 34.4 Å². The van der Waals surface area contributed by atoms with Gasteiger partial charge in [-0.15, -0.1) is 0 Å². The smallest absolute Gasteiger partial charge is 0.187 e. The molecule has 1 unspecified atom stereocenters. The highest BCUT2D eigenvalue weighted by molar-refractivity contribution is 6.14. The van der Waals surface area contributed by atoms with Gasteiger partial charge in [-0.1, -0.05) is 31.1 Å². The number of hydrogen-bond acceptors (Lipinski definition) is 2. The van der Waals surface area contributed by atoms with Crippen LogP contribution in [-0.2, 0) is 9.53 Å². The van der Waals surface area contributed by atoms with Crippen LogP contribution in [0, 0.1) is 0 Å². The summed E-state index contributed by atoms with van der Waals surface area (Å²) in [5.41, 5.74) is 3.46. The van der Waals surface area contributed by atoms with E-state index >= 15 is 0 Å². The van der Waals surface area contributed by atoms with Gasteiger partial charge in [-0.25, -0.2) is 0 Å². The Morgan fingerprint density at radius 1 is 1.35 bits per heavy atom. The quantitative estimate of drug-likeness (QED) is 0.516. The SMILES string of the molecule is C/C=C/C/C(CCCC)=C1\C(=O)C(C)=C(C)C1(C)OC. The van der Waals surface area contributed by atoms with Crippen molar-refractivity contribution >= 4 is 5.78 Å². The molecule has 1 rings (SSSR count). The zero-order chi connectivity index (χ0) is 15.3. The predicted molar refractivity (Wildman–Crippen MR) is 84.8 cm³/mol. The number of carbonyl (C=O) groups excluding carboxylic acids is 1. The highest BCUT2D eigenvalue weighted by atomic mass is 16.5. The van der Waals surface area contributed by atoms with Gasteiger partial charge in [-0.2, -0.15) is 0 Å². The topological polar surface area (TPSA) is 26.3 Å². The molecule has 0 amide bonds. The average Bonchev–Trinajstić information content (AvgIpc) is 2.62. The number of Topliss-reactive ketones (excluding diaryl/α,β-unsaturated/α-hetero) is 1. The van der Waals surface area contributed by atoms with Crippen molar-refractivity contribution in [1.29, 1.82) is 0 Å². The van der Waals surface area contributed by atoms with Crippen LogP contribution in [-0.4, -0.2) is 18.5 Å². The zero-order valence-corrected chi connectivity index (χ0v) is 13.8. The molecular formula is C18H28O2. The second-order valence-electron chi connectivity index (χ2n) is 5.67. The molecule has 1 atom stereocenters. The highest BCUT2D eigenvalue weighted by Crippen LogP contribution is 2.42. The Bertz CT molecular complexity index is 466. The third-order valence-electron chi connectivity index (χ3n) is 4.52. The first kappa shape index (κ1) is 16.9. The van der Waals surface area contributed by atoms with Crippen molar-refractivity contribution in [3.8, 4) is 0 Å². The number of unbranched alkanes of at least 4 members (excludes halogenated alkanes) is 1. The van der Waals surface area contributed by atoms with E-state index in [1.54, 1.807) is 7.11 Å². The molecule has 2 nitrogen and oxygen atoms in total. The van der Waals surface area contributed by atoms with Crippen molar-refractivity contribution in [2.75, 3.05) is 7.11 Å². The maximum Gasteiger partial charge on any atom is 0.187 e. The predicted octanol–water partition coefficient (Wildman–Crippen LogP) is 4.76. The molecule has 0 aromatic rings. The second-order valence-corrected chi connectivity index (χ2v) is 5.67. The summed E-state index contributed by atoms with van der Waals surface area (Å²) in [6, 6.07) is 0. The molecule has 1 aliphatic rings. The van der Waals surface area contributed by atoms with Crippen molar-refractivity contribution in [3.05, 3.63) is 34.4 Å². The number of ketones is 1. The van der Waals surface area contributed by atoms with Crippen LogP contribution in [0.1, 0.15) is 60.3 Å². The van der Waals surface area contributed by atoms with Gasteiger partial charge in [0.2, 0.25) is 0 Å². The van der Waals surface area contributed by atoms with E-state index in [9.17, 15) is 4.79 Å². The summed E-state index contributed by atoms with van der Waals surface area (Å²) in [4.78, 5) is 12.6. The lowest BCUT2D eigenvalue weighted by atomic mass is 9.86. The number of allylic oxidation sites excluding steroid dienone is 4. The molecule has 0 spiro atoms. The van der Waals surface area contributed by atoms with E-state index in [4.69, 9.17) is 4.74 Å². The summed E-state index contributed by atoms with van der Waals surface area (Å²) in [6.45, 7) is 10.1. The number of hydrogen-bond donors (Lipinski definition) is 0. The van der Waals surface area contributed by atoms with Gasteiger partial charge in [0.15, 0.2) is 5.78 Å². The molecule has 20 heavy (non-hydrogen) atoms. The summed E-state index contributed by atoms with van der Waals surface area (Å²) in [5.74, 6) is 0.169. The number of ether oxygens (including phenoxy) is 1. The van der Waals surface area contributed by atoms with Crippen LogP contribution < -0.4 is 0 Å². The summed E-state index contributed by atoms with van der Waals surface area (Å²) in [7, 11) is 1.70. The van der Waals surface area contributed by atoms with Gasteiger partial charge >= 0.3 is 0 Å². The van der Waals surface area contributed by atoms with E-state index in [0.29, 0.717) is 0 Å². The highest BCUT2D eigenvalue weighted by Gasteiger charge is 2.44. The first-order chi connectivity index (χ1) is 9.43. The van der Waals surface area contributed by atoms with Gasteiger partial charge < -0.3 is 4.74 Å². The molecule has 0 bridgehead atoms. The van der Waals surface area contributed by atoms with Crippen LogP contribution in [0.25, 0.3) is 0 Å². The third-order valence-corrected chi connectivity index (χ3v) is 4.52. The van der Waals surface area contributed by atoms with Crippen molar-refractivity contribution < 1.29 is 9.53 Å². The van der Waals surface area contributed by atoms with Crippen LogP contribution in [0.2, 0.25) is 0 Å². The fourth-order valence-electron chi connectivity index (χ4n) is 2.85. The molecular weight excluding hydrogens is 248 g/mol. The maximum atomic E-state index is 12.6. The molecule has 0 aliphatic heterocycles. The Morgan fingerprint density at radius 3 is 2.50 bits per heavy atom. The van der Waals surface area contributed by atoms with E-state index < -0.39 is 5.60 Å². The van der Waals surface area contributed by atoms with Crippen LogP contribution in [0.3, 0.4) is 0 Å². The molecule has 0 saturated heterocycles. The third kappa shape index (κ3) is 2.95. The van der Waals surface area contributed by atoms with Crippen molar-refractivity contribution in [2.45, 2.75) is 65.9 Å². The van der Waals surface area contributed by atoms with Gasteiger partial charge in [0.1, 0.15) is 5.60 Å². The molecule has 0 aromatic heterocycles. The minimum absolute atomic E-state index is 0.169. The molecule has 112 valence electrons. The Labute approximate surface area is 123 Å². The summed E-state index contributed by atoms with van der Waals surface area (Å²) >= 11 is 0. The minimum Gasteiger partial charge on any atom is -0.369 e. The van der Waals surface area contributed by atoms with Crippen molar-refractivity contribution in [3.63, 3.8) is 0 Å². The molecule has 1 aliphatic carbocycles. The molecule has 0 saturated carbocycles. The Morgan fingerprint density at radius 2 is 2.00 bits per heavy atom. The first-order valence-corrected chi connectivity index (χ1v) is 7.55. The fourth-order valence-corrected chi connectivity index (χ4v) is 2.85. The normalized spacial score (nSPS) is 26.0. The van der Waals surface area contributed by atoms with Crippen LogP contribution in [0.5, 0.6) is 0 Å². The Balaban J connectivity index is 3.33. The Hall–Kier alpha value is -1.15. The fraction of sp³-hybridized carbons (Fsp3) is 0.611. The molecule has 0 radical (unpaired) electrons. The van der Waals surface area contributed by atoms with Crippen LogP contribution >= 0.6 is 0 Å². The second kappa shape index (κ2) is 7.03. The van der Waals surface area contributed by atoms with E-state index in [2.05, 4.69) is 13.0 Å². The Kier molecular flexibility index (Phi) is 5.94. The number of rotatable bonds is 6. The molecule has 0 aromatic carbocycles. The van der Waals surface area contributed by atoms with Crippen LogP contribution in [0.4, 0.5) is 0 Å². The van der Waals surface area contributed by atoms with Gasteiger partial charge in [-0.3, -0.25) is 4.79 Å². The van der Waals surface area contributed by atoms with Gasteiger partial charge in [-0.05, 0) is 58.1 Å². The zero-order valence-electron chi connectivity index (χ0n) is 13.8. The van der Waals surface area contributed by atoms with E-state index in [-0.39, 0.29) is 5.78 Å². The van der Waals surface area contributed by atoms with E-state index in [1.807, 2.05) is 33.8 Å². The average molecular weight is 276 g/mol. The molecule has 2 heteroatoms. The number of carbonyl (C=O) groups is 1. The lowest BCUT2D eigenvalue weighted by molar-refractivity contribution is -0.113. The van der Waals surface area contributed by atoms with Gasteiger partial charge in [0.05, 0.1) is 0 Å². The number of methoxy groups -OCH3 is 1. The first-order valence-electron chi connectivity index (χ1n) is 7.55. The molecule has 0 N–H and O–H groups in total. The van der Waals surface area contributed by atoms with Crippen molar-refractivity contribution in [1.82, 2.24) is 0 Å². The standard InChI is InChI=1S/C18H28O2/c1-7-9-11-15(12-10-8-2)16-17(19)13(3)14(4)18(16,5)20-6/h7,9H,8,10-12H2,1-6H3/b9-7+,16-15-.